The van der Waals surface area contributed by atoms with E-state index in [1.165, 1.54) is 12.1 Å². The van der Waals surface area contributed by atoms with Gasteiger partial charge in [0.05, 0.1) is 6.61 Å². The second kappa shape index (κ2) is 5.88. The van der Waals surface area contributed by atoms with Gasteiger partial charge >= 0.3 is 0 Å². The minimum atomic E-state index is -0.288. The zero-order valence-corrected chi connectivity index (χ0v) is 11.5. The molecule has 0 spiro atoms. The lowest BCUT2D eigenvalue weighted by atomic mass is 9.97. The van der Waals surface area contributed by atoms with Crippen molar-refractivity contribution in [1.82, 2.24) is 5.32 Å². The van der Waals surface area contributed by atoms with Crippen LogP contribution in [0.5, 0.6) is 5.75 Å². The van der Waals surface area contributed by atoms with Crippen LogP contribution in [0, 0.1) is 5.82 Å². The fraction of sp³-hybridized carbons (Fsp3) is 0.600. The third-order valence-electron chi connectivity index (χ3n) is 3.56. The highest BCUT2D eigenvalue weighted by Gasteiger charge is 2.40. The number of benzene rings is 1. The lowest BCUT2D eigenvalue weighted by molar-refractivity contribution is 0.133. The summed E-state index contributed by atoms with van der Waals surface area (Å²) in [7, 11) is 0. The van der Waals surface area contributed by atoms with Gasteiger partial charge < -0.3 is 15.2 Å². The van der Waals surface area contributed by atoms with Crippen LogP contribution in [-0.4, -0.2) is 29.4 Å². The molecule has 1 fully saturated rings. The highest BCUT2D eigenvalue weighted by molar-refractivity contribution is 5.23. The Morgan fingerprint density at radius 3 is 2.95 bits per heavy atom. The number of halogens is 1. The summed E-state index contributed by atoms with van der Waals surface area (Å²) < 4.78 is 18.9. The summed E-state index contributed by atoms with van der Waals surface area (Å²) in [6, 6.07) is 6.53. The third kappa shape index (κ3) is 3.67. The van der Waals surface area contributed by atoms with Gasteiger partial charge in [0.1, 0.15) is 17.7 Å². The van der Waals surface area contributed by atoms with Gasteiger partial charge in [0.25, 0.3) is 0 Å². The van der Waals surface area contributed by atoms with E-state index in [9.17, 15) is 9.50 Å². The second-order valence-corrected chi connectivity index (χ2v) is 5.68. The lowest BCUT2D eigenvalue weighted by Crippen LogP contribution is -2.50. The molecule has 1 saturated carbocycles. The van der Waals surface area contributed by atoms with Crippen LogP contribution in [0.25, 0.3) is 0 Å². The van der Waals surface area contributed by atoms with Crippen molar-refractivity contribution in [3.05, 3.63) is 30.1 Å². The van der Waals surface area contributed by atoms with Gasteiger partial charge in [-0.25, -0.2) is 4.39 Å². The Balaban J connectivity index is 1.97. The first-order chi connectivity index (χ1) is 9.03. The van der Waals surface area contributed by atoms with Gasteiger partial charge in [-0.3, -0.25) is 0 Å². The van der Waals surface area contributed by atoms with Crippen LogP contribution in [0.15, 0.2) is 24.3 Å². The molecule has 1 aliphatic rings. The van der Waals surface area contributed by atoms with Crippen LogP contribution in [0.2, 0.25) is 0 Å². The highest BCUT2D eigenvalue weighted by Crippen LogP contribution is 2.33. The zero-order valence-electron chi connectivity index (χ0n) is 11.5. The molecule has 0 aromatic heterocycles. The van der Waals surface area contributed by atoms with Gasteiger partial charge in [0.15, 0.2) is 0 Å². The monoisotopic (exact) mass is 267 g/mol. The molecule has 0 saturated heterocycles. The predicted molar refractivity (Wildman–Crippen MR) is 72.8 cm³/mol. The van der Waals surface area contributed by atoms with E-state index in [0.717, 1.165) is 19.3 Å². The van der Waals surface area contributed by atoms with Gasteiger partial charge in [0.2, 0.25) is 0 Å². The Bertz CT molecular complexity index is 424. The van der Waals surface area contributed by atoms with Crippen molar-refractivity contribution < 1.29 is 14.2 Å². The molecule has 0 amide bonds. The van der Waals surface area contributed by atoms with Crippen LogP contribution < -0.4 is 10.1 Å². The van der Waals surface area contributed by atoms with E-state index < -0.39 is 0 Å². The van der Waals surface area contributed by atoms with Crippen LogP contribution in [0.3, 0.4) is 0 Å². The maximum Gasteiger partial charge on any atom is 0.126 e. The molecule has 1 aromatic carbocycles. The topological polar surface area (TPSA) is 41.5 Å². The van der Waals surface area contributed by atoms with E-state index in [2.05, 4.69) is 19.2 Å². The minimum Gasteiger partial charge on any atom is -0.490 e. The summed E-state index contributed by atoms with van der Waals surface area (Å²) in [6.45, 7) is 4.24. The summed E-state index contributed by atoms with van der Waals surface area (Å²) in [5, 5.41) is 13.0. The molecule has 106 valence electrons. The van der Waals surface area contributed by atoms with Crippen molar-refractivity contribution in [3.63, 3.8) is 0 Å². The summed E-state index contributed by atoms with van der Waals surface area (Å²) in [6.07, 6.45) is 2.52. The molecule has 0 radical (unpaired) electrons. The normalized spacial score (nSPS) is 26.9. The summed E-state index contributed by atoms with van der Waals surface area (Å²) in [5.41, 5.74) is -0.258. The zero-order chi connectivity index (χ0) is 13.9. The molecule has 4 heteroatoms. The molecule has 3 nitrogen and oxygen atoms in total. The Morgan fingerprint density at radius 1 is 1.53 bits per heavy atom. The average molecular weight is 267 g/mol. The minimum absolute atomic E-state index is 0.0280. The first-order valence-electron chi connectivity index (χ1n) is 6.84. The predicted octanol–water partition coefficient (Wildman–Crippen LogP) is 2.49. The van der Waals surface area contributed by atoms with E-state index in [0.29, 0.717) is 11.8 Å². The molecular weight excluding hydrogens is 245 g/mol. The van der Waals surface area contributed by atoms with Gasteiger partial charge in [-0.15, -0.1) is 0 Å². The summed E-state index contributed by atoms with van der Waals surface area (Å²) >= 11 is 0. The highest BCUT2D eigenvalue weighted by atomic mass is 19.1. The molecule has 1 aromatic rings. The summed E-state index contributed by atoms with van der Waals surface area (Å²) in [4.78, 5) is 0. The Hall–Kier alpha value is -1.13. The SMILES string of the molecule is CC(C)NC1(CO)CCC(Oc2cccc(F)c2)C1. The number of aliphatic hydroxyl groups excluding tert-OH is 1. The van der Waals surface area contributed by atoms with Crippen molar-refractivity contribution in [1.29, 1.82) is 0 Å². The van der Waals surface area contributed by atoms with Gasteiger partial charge in [-0.2, -0.15) is 0 Å². The van der Waals surface area contributed by atoms with E-state index in [-0.39, 0.29) is 24.1 Å². The van der Waals surface area contributed by atoms with E-state index >= 15 is 0 Å². The molecule has 19 heavy (non-hydrogen) atoms. The molecule has 0 heterocycles. The smallest absolute Gasteiger partial charge is 0.126 e. The van der Waals surface area contributed by atoms with Gasteiger partial charge in [-0.1, -0.05) is 19.9 Å². The van der Waals surface area contributed by atoms with Crippen LogP contribution in [-0.2, 0) is 0 Å². The maximum absolute atomic E-state index is 13.1. The van der Waals surface area contributed by atoms with E-state index in [1.54, 1.807) is 12.1 Å². The lowest BCUT2D eigenvalue weighted by Gasteiger charge is -2.30. The first kappa shape index (κ1) is 14.3. The van der Waals surface area contributed by atoms with Crippen molar-refractivity contribution in [2.75, 3.05) is 6.61 Å². The molecule has 0 aliphatic heterocycles. The van der Waals surface area contributed by atoms with Gasteiger partial charge in [0, 0.05) is 24.1 Å². The fourth-order valence-electron chi connectivity index (χ4n) is 2.84. The van der Waals surface area contributed by atoms with Crippen molar-refractivity contribution in [2.45, 2.75) is 50.8 Å². The quantitative estimate of drug-likeness (QED) is 0.861. The van der Waals surface area contributed by atoms with Gasteiger partial charge in [-0.05, 0) is 25.0 Å². The number of rotatable bonds is 5. The van der Waals surface area contributed by atoms with Crippen LogP contribution >= 0.6 is 0 Å². The molecule has 1 aliphatic carbocycles. The molecule has 2 atom stereocenters. The Kier molecular flexibility index (Phi) is 4.42. The average Bonchev–Trinajstić information content (AvgIpc) is 2.72. The first-order valence-corrected chi connectivity index (χ1v) is 6.84. The number of hydrogen-bond acceptors (Lipinski definition) is 3. The number of hydrogen-bond donors (Lipinski definition) is 2. The number of nitrogens with one attached hydrogen (secondary N) is 1. The number of ether oxygens (including phenoxy) is 1. The van der Waals surface area contributed by atoms with E-state index in [4.69, 9.17) is 4.74 Å². The molecule has 0 bridgehead atoms. The maximum atomic E-state index is 13.1. The Morgan fingerprint density at radius 2 is 2.32 bits per heavy atom. The molecule has 2 unspecified atom stereocenters. The molecular formula is C15H22FNO2. The van der Waals surface area contributed by atoms with Crippen molar-refractivity contribution in [3.8, 4) is 5.75 Å². The second-order valence-electron chi connectivity index (χ2n) is 5.68. The van der Waals surface area contributed by atoms with E-state index in [1.807, 2.05) is 0 Å². The molecule has 2 rings (SSSR count). The van der Waals surface area contributed by atoms with Crippen molar-refractivity contribution >= 4 is 0 Å². The largest absolute Gasteiger partial charge is 0.490 e. The third-order valence-corrected chi connectivity index (χ3v) is 3.56. The standard InChI is InChI=1S/C15H22FNO2/c1-11(2)17-15(10-18)7-6-14(9-15)19-13-5-3-4-12(16)8-13/h3-5,8,11,14,17-18H,6-7,9-10H2,1-2H3. The summed E-state index contributed by atoms with van der Waals surface area (Å²) in [5.74, 6) is 0.271. The van der Waals surface area contributed by atoms with Crippen LogP contribution in [0.4, 0.5) is 4.39 Å². The van der Waals surface area contributed by atoms with Crippen molar-refractivity contribution in [2.24, 2.45) is 0 Å². The molecule has 2 N–H and O–H groups in total. The van der Waals surface area contributed by atoms with Crippen LogP contribution in [0.1, 0.15) is 33.1 Å². The fourth-order valence-corrected chi connectivity index (χ4v) is 2.84. The Labute approximate surface area is 113 Å². The number of aliphatic hydroxyl groups is 1.